The molecule has 0 saturated carbocycles. The fourth-order valence-electron chi connectivity index (χ4n) is 6.67. The Labute approximate surface area is 339 Å². The van der Waals surface area contributed by atoms with E-state index in [2.05, 4.69) is 0 Å². The molecule has 2 atom stereocenters. The Kier molecular flexibility index (Phi) is 15.2. The van der Waals surface area contributed by atoms with Crippen molar-refractivity contribution in [1.82, 2.24) is 9.80 Å². The quantitative estimate of drug-likeness (QED) is 0.126. The van der Waals surface area contributed by atoms with E-state index in [0.29, 0.717) is 62.8 Å². The molecule has 2 heterocycles. The van der Waals surface area contributed by atoms with Crippen molar-refractivity contribution in [1.29, 1.82) is 0 Å². The Morgan fingerprint density at radius 2 is 0.915 bits per heavy atom. The van der Waals surface area contributed by atoms with Crippen LogP contribution in [-0.2, 0) is 0 Å². The van der Waals surface area contributed by atoms with E-state index in [-0.39, 0.29) is 81.8 Å². The van der Waals surface area contributed by atoms with Crippen molar-refractivity contribution < 1.29 is 67.8 Å². The summed E-state index contributed by atoms with van der Waals surface area (Å²) in [6.45, 7) is 2.36. The molecular formula is C43H44N2O14. The van der Waals surface area contributed by atoms with E-state index in [1.54, 1.807) is 41.3 Å². The number of ether oxygens (including phenoxy) is 5. The van der Waals surface area contributed by atoms with Gasteiger partial charge in [0.05, 0.1) is 42.6 Å². The summed E-state index contributed by atoms with van der Waals surface area (Å²) in [5, 5.41) is 29.2. The Hall–Kier alpha value is -7.10. The van der Waals surface area contributed by atoms with Crippen LogP contribution >= 0.6 is 0 Å². The van der Waals surface area contributed by atoms with Gasteiger partial charge in [-0.1, -0.05) is 24.3 Å². The second kappa shape index (κ2) is 20.9. The van der Waals surface area contributed by atoms with Gasteiger partial charge in [0.1, 0.15) is 46.0 Å². The van der Waals surface area contributed by atoms with Crippen molar-refractivity contribution in [2.45, 2.75) is 25.7 Å². The summed E-state index contributed by atoms with van der Waals surface area (Å²) in [5.74, 6) is 0.555. The van der Waals surface area contributed by atoms with Crippen LogP contribution in [0.1, 0.15) is 67.1 Å². The molecule has 59 heavy (non-hydrogen) atoms. The maximum atomic E-state index is 12.6. The molecule has 4 aromatic rings. The average molecular weight is 813 g/mol. The number of hydrogen-bond acceptors (Lipinski definition) is 14. The molecule has 3 N–H and O–H groups in total. The van der Waals surface area contributed by atoms with E-state index in [1.165, 1.54) is 48.4 Å². The maximum Gasteiger partial charge on any atom is 0.415 e. The second-order valence-corrected chi connectivity index (χ2v) is 13.7. The second-order valence-electron chi connectivity index (χ2n) is 13.7. The third-order valence-electron chi connectivity index (χ3n) is 9.74. The zero-order valence-electron chi connectivity index (χ0n) is 32.2. The number of aldehydes is 4. The lowest BCUT2D eigenvalue weighted by Crippen LogP contribution is -2.43. The summed E-state index contributed by atoms with van der Waals surface area (Å²) >= 11 is 0. The fourth-order valence-corrected chi connectivity index (χ4v) is 6.67. The predicted molar refractivity (Wildman–Crippen MR) is 210 cm³/mol. The Bertz CT molecular complexity index is 2140. The van der Waals surface area contributed by atoms with Crippen LogP contribution in [0.3, 0.4) is 0 Å². The largest absolute Gasteiger partial charge is 0.507 e. The maximum absolute atomic E-state index is 12.6. The number of phenols is 3. The lowest BCUT2D eigenvalue weighted by Gasteiger charge is -2.32. The van der Waals surface area contributed by atoms with Crippen molar-refractivity contribution in [3.63, 3.8) is 0 Å². The van der Waals surface area contributed by atoms with E-state index >= 15 is 0 Å². The Balaban J connectivity index is 0.000000224. The number of benzene rings is 4. The number of hydrogen-bond donors (Lipinski definition) is 3. The van der Waals surface area contributed by atoms with Crippen LogP contribution in [0.4, 0.5) is 9.59 Å². The molecule has 0 aliphatic carbocycles. The number of amides is 2. The third kappa shape index (κ3) is 11.1. The minimum absolute atomic E-state index is 0.00115. The van der Waals surface area contributed by atoms with Gasteiger partial charge in [0.2, 0.25) is 0 Å². The van der Waals surface area contributed by atoms with Gasteiger partial charge in [0, 0.05) is 38.0 Å². The summed E-state index contributed by atoms with van der Waals surface area (Å²) < 4.78 is 27.3. The number of piperidine rings is 2. The van der Waals surface area contributed by atoms with Crippen LogP contribution in [0, 0.1) is 11.8 Å². The van der Waals surface area contributed by atoms with Gasteiger partial charge in [-0.05, 0) is 74.2 Å². The number of methoxy groups -OCH3 is 1. The van der Waals surface area contributed by atoms with Crippen molar-refractivity contribution >= 4 is 37.3 Å². The van der Waals surface area contributed by atoms with Gasteiger partial charge in [0.25, 0.3) is 0 Å². The predicted octanol–water partition coefficient (Wildman–Crippen LogP) is 6.33. The highest BCUT2D eigenvalue weighted by atomic mass is 16.6. The lowest BCUT2D eigenvalue weighted by atomic mass is 9.99. The number of likely N-dealkylation sites (tertiary alicyclic amines) is 2. The third-order valence-corrected chi connectivity index (χ3v) is 9.74. The van der Waals surface area contributed by atoms with Crippen LogP contribution in [0.25, 0.3) is 0 Å². The smallest absolute Gasteiger partial charge is 0.415 e. The molecule has 2 aliphatic heterocycles. The molecule has 2 aliphatic rings. The first-order chi connectivity index (χ1) is 28.6. The number of phenolic OH excluding ortho intramolecular Hbond substituents is 3. The number of carbonyl (C=O) groups is 6. The minimum Gasteiger partial charge on any atom is -0.507 e. The first-order valence-corrected chi connectivity index (χ1v) is 18.7. The molecule has 6 rings (SSSR count). The fraction of sp³-hybridized carbons (Fsp3) is 0.302. The van der Waals surface area contributed by atoms with E-state index in [1.807, 2.05) is 0 Å². The minimum atomic E-state index is -0.616. The van der Waals surface area contributed by atoms with Crippen LogP contribution in [0.2, 0.25) is 0 Å². The molecule has 16 heteroatoms. The highest BCUT2D eigenvalue weighted by molar-refractivity contribution is 5.87. The van der Waals surface area contributed by atoms with Crippen molar-refractivity contribution in [2.24, 2.45) is 11.8 Å². The highest BCUT2D eigenvalue weighted by Gasteiger charge is 2.28. The van der Waals surface area contributed by atoms with E-state index in [9.17, 15) is 44.1 Å². The normalized spacial score (nSPS) is 16.0. The number of aromatic hydroxyl groups is 3. The molecule has 0 bridgehead atoms. The SMILES string of the molecule is COc1cccc(OC(=O)N2CCC[C@@H](COc3cccc(O)c3C=O)C2)c1C=O.O=Cc1c(O)cccc1OC[C@@H]1CCCN(C(=O)Oc2cccc(O)c2C=O)C1. The summed E-state index contributed by atoms with van der Waals surface area (Å²) in [4.78, 5) is 73.0. The van der Waals surface area contributed by atoms with Gasteiger partial charge in [-0.25, -0.2) is 9.59 Å². The summed E-state index contributed by atoms with van der Waals surface area (Å²) in [6, 6.07) is 18.3. The molecule has 4 aromatic carbocycles. The molecule has 0 radical (unpaired) electrons. The zero-order valence-corrected chi connectivity index (χ0v) is 32.2. The van der Waals surface area contributed by atoms with Crippen molar-refractivity contribution in [2.75, 3.05) is 46.5 Å². The molecule has 0 spiro atoms. The van der Waals surface area contributed by atoms with Crippen LogP contribution in [0.15, 0.2) is 72.8 Å². The summed E-state index contributed by atoms with van der Waals surface area (Å²) in [6.07, 6.45) is 4.12. The topological polar surface area (TPSA) is 216 Å². The molecule has 16 nitrogen and oxygen atoms in total. The van der Waals surface area contributed by atoms with Crippen molar-refractivity contribution in [3.05, 3.63) is 95.1 Å². The van der Waals surface area contributed by atoms with Gasteiger partial charge in [0.15, 0.2) is 25.1 Å². The lowest BCUT2D eigenvalue weighted by molar-refractivity contribution is 0.105. The van der Waals surface area contributed by atoms with Crippen LogP contribution in [-0.4, -0.2) is 109 Å². The van der Waals surface area contributed by atoms with Gasteiger partial charge in [-0.2, -0.15) is 0 Å². The van der Waals surface area contributed by atoms with Gasteiger partial charge in [-0.3, -0.25) is 19.2 Å². The highest BCUT2D eigenvalue weighted by Crippen LogP contribution is 2.31. The van der Waals surface area contributed by atoms with E-state index in [0.717, 1.165) is 25.7 Å². The number of carbonyl (C=O) groups excluding carboxylic acids is 6. The van der Waals surface area contributed by atoms with Gasteiger partial charge >= 0.3 is 12.2 Å². The van der Waals surface area contributed by atoms with E-state index in [4.69, 9.17) is 23.7 Å². The summed E-state index contributed by atoms with van der Waals surface area (Å²) in [7, 11) is 1.44. The number of rotatable bonds is 13. The zero-order chi connectivity index (χ0) is 42.3. The first-order valence-electron chi connectivity index (χ1n) is 18.7. The standard InChI is InChI=1S/C22H23NO7.C21H21NO7/c1-28-19-7-3-9-21(17(19)13-25)30-22(27)23-10-4-5-15(11-23)14-29-20-8-2-6-18(26)16(20)12-24;23-11-15-17(25)5-1-7-19(15)28-13-14-4-3-9-22(10-14)21(27)29-20-8-2-6-18(26)16(20)12-24/h2-3,6-9,12-13,15,26H,4-5,10-11,14H2,1H3;1-2,5-8,11-12,14,25-26H,3-4,9-10,13H2/t15-;14-/m11/s1. The molecule has 0 unspecified atom stereocenters. The van der Waals surface area contributed by atoms with E-state index < -0.39 is 12.2 Å². The molecule has 2 saturated heterocycles. The Morgan fingerprint density at radius 1 is 0.559 bits per heavy atom. The molecule has 310 valence electrons. The van der Waals surface area contributed by atoms with Crippen LogP contribution in [0.5, 0.6) is 46.0 Å². The van der Waals surface area contributed by atoms with Crippen molar-refractivity contribution in [3.8, 4) is 46.0 Å². The average Bonchev–Trinajstić information content (AvgIpc) is 3.25. The number of nitrogens with zero attached hydrogens (tertiary/aromatic N) is 2. The Morgan fingerprint density at radius 3 is 1.32 bits per heavy atom. The monoisotopic (exact) mass is 812 g/mol. The summed E-state index contributed by atoms with van der Waals surface area (Å²) in [5.41, 5.74) is 0.285. The molecule has 2 amide bonds. The van der Waals surface area contributed by atoms with Gasteiger partial charge in [-0.15, -0.1) is 0 Å². The van der Waals surface area contributed by atoms with Crippen LogP contribution < -0.4 is 23.7 Å². The van der Waals surface area contributed by atoms with Gasteiger partial charge < -0.3 is 48.8 Å². The molecule has 2 fully saturated rings. The molecule has 0 aromatic heterocycles. The molecular weight excluding hydrogens is 768 g/mol. The first kappa shape index (κ1) is 43.0.